The number of aryl methyl sites for hydroxylation is 1. The van der Waals surface area contributed by atoms with E-state index in [-0.39, 0.29) is 0 Å². The van der Waals surface area contributed by atoms with Crippen LogP contribution in [0.2, 0.25) is 0 Å². The van der Waals surface area contributed by atoms with Gasteiger partial charge in [0, 0.05) is 0 Å². The molecule has 0 saturated heterocycles. The molecule has 0 heteroatoms. The fourth-order valence-electron chi connectivity index (χ4n) is 1.09. The molecule has 0 aliphatic rings. The topological polar surface area (TPSA) is 0 Å². The van der Waals surface area contributed by atoms with E-state index in [1.165, 1.54) is 11.1 Å². The summed E-state index contributed by atoms with van der Waals surface area (Å²) in [6.07, 6.45) is 5.31. The first-order valence-corrected chi connectivity index (χ1v) is 3.99. The fraction of sp³-hybridized carbons (Fsp3) is 0.273. The highest BCUT2D eigenvalue weighted by Crippen LogP contribution is 2.04. The van der Waals surface area contributed by atoms with Gasteiger partial charge in [-0.15, -0.1) is 0 Å². The summed E-state index contributed by atoms with van der Waals surface area (Å²) in [6, 6.07) is 8.61. The summed E-state index contributed by atoms with van der Waals surface area (Å²) in [4.78, 5) is 0. The SMILES string of the molecule is C/C=C/Cc1cccc(C)c1. The van der Waals surface area contributed by atoms with Crippen LogP contribution >= 0.6 is 0 Å². The molecule has 0 N–H and O–H groups in total. The second kappa shape index (κ2) is 3.97. The second-order valence-electron chi connectivity index (χ2n) is 2.76. The Labute approximate surface area is 68.6 Å². The van der Waals surface area contributed by atoms with E-state index in [4.69, 9.17) is 0 Å². The normalized spacial score (nSPS) is 10.7. The average Bonchev–Trinajstić information content (AvgIpc) is 2.01. The van der Waals surface area contributed by atoms with Crippen molar-refractivity contribution in [2.45, 2.75) is 20.3 Å². The first kappa shape index (κ1) is 8.06. The number of rotatable bonds is 2. The Kier molecular flexibility index (Phi) is 2.91. The van der Waals surface area contributed by atoms with Crippen molar-refractivity contribution >= 4 is 0 Å². The molecule has 0 heterocycles. The maximum Gasteiger partial charge on any atom is -0.00975 e. The van der Waals surface area contributed by atoms with Gasteiger partial charge in [-0.3, -0.25) is 0 Å². The number of allylic oxidation sites excluding steroid dienone is 2. The van der Waals surface area contributed by atoms with Crippen LogP contribution in [0, 0.1) is 6.92 Å². The monoisotopic (exact) mass is 146 g/mol. The number of hydrogen-bond donors (Lipinski definition) is 0. The van der Waals surface area contributed by atoms with Gasteiger partial charge >= 0.3 is 0 Å². The highest BCUT2D eigenvalue weighted by molar-refractivity contribution is 5.23. The summed E-state index contributed by atoms with van der Waals surface area (Å²) in [5.41, 5.74) is 2.73. The van der Waals surface area contributed by atoms with Crippen molar-refractivity contribution in [2.75, 3.05) is 0 Å². The van der Waals surface area contributed by atoms with Crippen LogP contribution < -0.4 is 0 Å². The molecule has 0 radical (unpaired) electrons. The third-order valence-corrected chi connectivity index (χ3v) is 1.67. The quantitative estimate of drug-likeness (QED) is 0.562. The van der Waals surface area contributed by atoms with Gasteiger partial charge in [0.2, 0.25) is 0 Å². The minimum absolute atomic E-state index is 1.05. The van der Waals surface area contributed by atoms with Gasteiger partial charge in [0.15, 0.2) is 0 Å². The van der Waals surface area contributed by atoms with Crippen LogP contribution in [0.3, 0.4) is 0 Å². The zero-order valence-corrected chi connectivity index (χ0v) is 7.17. The summed E-state index contributed by atoms with van der Waals surface area (Å²) in [6.45, 7) is 4.18. The Morgan fingerprint density at radius 1 is 1.36 bits per heavy atom. The minimum Gasteiger partial charge on any atom is -0.0913 e. The Bertz CT molecular complexity index is 246. The number of benzene rings is 1. The van der Waals surface area contributed by atoms with E-state index < -0.39 is 0 Å². The highest BCUT2D eigenvalue weighted by atomic mass is 13.9. The third-order valence-electron chi connectivity index (χ3n) is 1.67. The van der Waals surface area contributed by atoms with E-state index in [2.05, 4.69) is 50.3 Å². The van der Waals surface area contributed by atoms with Gasteiger partial charge in [0.1, 0.15) is 0 Å². The standard InChI is InChI=1S/C11H14/c1-3-4-7-11-8-5-6-10(2)9-11/h3-6,8-9H,7H2,1-2H3/b4-3+. The highest BCUT2D eigenvalue weighted by Gasteiger charge is 1.87. The number of hydrogen-bond acceptors (Lipinski definition) is 0. The summed E-state index contributed by atoms with van der Waals surface area (Å²) < 4.78 is 0. The average molecular weight is 146 g/mol. The first-order valence-electron chi connectivity index (χ1n) is 3.99. The van der Waals surface area contributed by atoms with Crippen LogP contribution in [0.5, 0.6) is 0 Å². The Morgan fingerprint density at radius 2 is 2.18 bits per heavy atom. The molecule has 1 rings (SSSR count). The zero-order valence-electron chi connectivity index (χ0n) is 7.17. The largest absolute Gasteiger partial charge is 0.0913 e. The van der Waals surface area contributed by atoms with Crippen LogP contribution in [0.15, 0.2) is 36.4 Å². The predicted octanol–water partition coefficient (Wildman–Crippen LogP) is 3.11. The van der Waals surface area contributed by atoms with Gasteiger partial charge in [-0.1, -0.05) is 42.0 Å². The van der Waals surface area contributed by atoms with Crippen LogP contribution in [0.4, 0.5) is 0 Å². The molecule has 0 aliphatic heterocycles. The van der Waals surface area contributed by atoms with Gasteiger partial charge in [0.05, 0.1) is 0 Å². The molecule has 0 nitrogen and oxygen atoms in total. The third kappa shape index (κ3) is 2.58. The fourth-order valence-corrected chi connectivity index (χ4v) is 1.09. The molecule has 1 aromatic carbocycles. The van der Waals surface area contributed by atoms with Gasteiger partial charge < -0.3 is 0 Å². The van der Waals surface area contributed by atoms with Crippen LogP contribution in [0.25, 0.3) is 0 Å². The van der Waals surface area contributed by atoms with Gasteiger partial charge in [-0.25, -0.2) is 0 Å². The maximum absolute atomic E-state index is 2.22. The van der Waals surface area contributed by atoms with E-state index in [0.717, 1.165) is 6.42 Å². The molecule has 0 amide bonds. The van der Waals surface area contributed by atoms with Crippen LogP contribution in [-0.4, -0.2) is 0 Å². The van der Waals surface area contributed by atoms with Crippen molar-refractivity contribution in [3.05, 3.63) is 47.5 Å². The molecule has 0 atom stereocenters. The smallest absolute Gasteiger partial charge is 0.00975 e. The summed E-state index contributed by atoms with van der Waals surface area (Å²) in [5.74, 6) is 0. The van der Waals surface area contributed by atoms with Crippen LogP contribution in [0.1, 0.15) is 18.1 Å². The lowest BCUT2D eigenvalue weighted by Gasteiger charge is -1.96. The molecule has 0 bridgehead atoms. The van der Waals surface area contributed by atoms with E-state index in [9.17, 15) is 0 Å². The van der Waals surface area contributed by atoms with Gasteiger partial charge in [-0.05, 0) is 25.8 Å². The molecule has 1 aromatic rings. The van der Waals surface area contributed by atoms with Crippen molar-refractivity contribution in [1.82, 2.24) is 0 Å². The van der Waals surface area contributed by atoms with E-state index in [1.807, 2.05) is 0 Å². The lowest BCUT2D eigenvalue weighted by atomic mass is 10.1. The molecule has 0 saturated carbocycles. The summed E-state index contributed by atoms with van der Waals surface area (Å²) in [7, 11) is 0. The van der Waals surface area contributed by atoms with Crippen molar-refractivity contribution in [2.24, 2.45) is 0 Å². The molecular formula is C11H14. The molecular weight excluding hydrogens is 132 g/mol. The van der Waals surface area contributed by atoms with E-state index in [0.29, 0.717) is 0 Å². The summed E-state index contributed by atoms with van der Waals surface area (Å²) >= 11 is 0. The lowest BCUT2D eigenvalue weighted by Crippen LogP contribution is -1.80. The van der Waals surface area contributed by atoms with Gasteiger partial charge in [-0.2, -0.15) is 0 Å². The van der Waals surface area contributed by atoms with Crippen molar-refractivity contribution in [3.8, 4) is 0 Å². The van der Waals surface area contributed by atoms with Crippen molar-refractivity contribution in [3.63, 3.8) is 0 Å². The first-order chi connectivity index (χ1) is 5.33. The Morgan fingerprint density at radius 3 is 2.82 bits per heavy atom. The van der Waals surface area contributed by atoms with Gasteiger partial charge in [0.25, 0.3) is 0 Å². The predicted molar refractivity (Wildman–Crippen MR) is 49.7 cm³/mol. The molecule has 0 fully saturated rings. The minimum atomic E-state index is 1.05. The van der Waals surface area contributed by atoms with E-state index >= 15 is 0 Å². The van der Waals surface area contributed by atoms with E-state index in [1.54, 1.807) is 0 Å². The zero-order chi connectivity index (χ0) is 8.10. The lowest BCUT2D eigenvalue weighted by molar-refractivity contribution is 1.24. The van der Waals surface area contributed by atoms with Crippen molar-refractivity contribution in [1.29, 1.82) is 0 Å². The Balaban J connectivity index is 2.71. The Hall–Kier alpha value is -1.04. The summed E-state index contributed by atoms with van der Waals surface area (Å²) in [5, 5.41) is 0. The molecule has 58 valence electrons. The molecule has 0 spiro atoms. The van der Waals surface area contributed by atoms with Crippen molar-refractivity contribution < 1.29 is 0 Å². The maximum atomic E-state index is 2.22. The molecule has 11 heavy (non-hydrogen) atoms. The molecule has 0 aliphatic carbocycles. The second-order valence-corrected chi connectivity index (χ2v) is 2.76. The molecule has 0 aromatic heterocycles. The van der Waals surface area contributed by atoms with Crippen LogP contribution in [-0.2, 0) is 6.42 Å². The molecule has 0 unspecified atom stereocenters.